The van der Waals surface area contributed by atoms with Crippen LogP contribution in [0.4, 0.5) is 0 Å². The molecule has 98 valence electrons. The van der Waals surface area contributed by atoms with Crippen molar-refractivity contribution >= 4 is 11.9 Å². The number of carbonyl (C=O) groups is 2. The fourth-order valence-electron chi connectivity index (χ4n) is 2.44. The van der Waals surface area contributed by atoms with Gasteiger partial charge < -0.3 is 10.0 Å². The summed E-state index contributed by atoms with van der Waals surface area (Å²) in [6.45, 7) is 8.50. The lowest BCUT2D eigenvalue weighted by Gasteiger charge is -2.28. The number of rotatable bonds is 4. The number of aliphatic carboxylic acids is 1. The zero-order chi connectivity index (χ0) is 13.2. The minimum atomic E-state index is -0.788. The summed E-state index contributed by atoms with van der Waals surface area (Å²) in [5.74, 6) is -0.753. The van der Waals surface area contributed by atoms with E-state index >= 15 is 0 Å². The summed E-state index contributed by atoms with van der Waals surface area (Å²) in [5, 5.41) is 9.04. The summed E-state index contributed by atoms with van der Waals surface area (Å²) in [6.07, 6.45) is 1.55. The molecule has 0 spiro atoms. The fourth-order valence-corrected chi connectivity index (χ4v) is 2.44. The predicted octanol–water partition coefficient (Wildman–Crippen LogP) is 1.99. The van der Waals surface area contributed by atoms with Crippen LogP contribution in [0.3, 0.4) is 0 Å². The predicted molar refractivity (Wildman–Crippen MR) is 65.5 cm³/mol. The highest BCUT2D eigenvalue weighted by Crippen LogP contribution is 2.28. The van der Waals surface area contributed by atoms with Crippen molar-refractivity contribution in [1.29, 1.82) is 0 Å². The Morgan fingerprint density at radius 2 is 2.00 bits per heavy atom. The summed E-state index contributed by atoms with van der Waals surface area (Å²) < 4.78 is 0. The normalized spacial score (nSPS) is 27.9. The van der Waals surface area contributed by atoms with E-state index < -0.39 is 11.9 Å². The number of carboxylic acids is 1. The van der Waals surface area contributed by atoms with Crippen molar-refractivity contribution in [2.24, 2.45) is 17.8 Å². The van der Waals surface area contributed by atoms with Crippen LogP contribution in [0.1, 0.15) is 40.5 Å². The lowest BCUT2D eigenvalue weighted by Crippen LogP contribution is -2.41. The molecule has 4 nitrogen and oxygen atoms in total. The summed E-state index contributed by atoms with van der Waals surface area (Å²) in [6, 6.07) is -0.175. The molecule has 1 heterocycles. The lowest BCUT2D eigenvalue weighted by atomic mass is 9.92. The highest BCUT2D eigenvalue weighted by molar-refractivity contribution is 5.81. The first kappa shape index (κ1) is 14.0. The smallest absolute Gasteiger partial charge is 0.308 e. The molecule has 1 amide bonds. The number of likely N-dealkylation sites (tertiary alicyclic amines) is 1. The second-order valence-corrected chi connectivity index (χ2v) is 5.18. The first-order chi connectivity index (χ1) is 7.90. The summed E-state index contributed by atoms with van der Waals surface area (Å²) in [7, 11) is 0. The molecule has 1 rings (SSSR count). The average Bonchev–Trinajstić information content (AvgIpc) is 2.68. The number of carboxylic acid groups (broad SMARTS) is 1. The second-order valence-electron chi connectivity index (χ2n) is 5.18. The zero-order valence-corrected chi connectivity index (χ0v) is 11.1. The van der Waals surface area contributed by atoms with E-state index in [-0.39, 0.29) is 17.9 Å². The van der Waals surface area contributed by atoms with Crippen LogP contribution in [-0.4, -0.2) is 34.5 Å². The molecule has 0 aromatic carbocycles. The van der Waals surface area contributed by atoms with Crippen LogP contribution < -0.4 is 0 Å². The van der Waals surface area contributed by atoms with E-state index in [0.29, 0.717) is 18.9 Å². The van der Waals surface area contributed by atoms with Crippen molar-refractivity contribution < 1.29 is 14.7 Å². The molecule has 1 saturated heterocycles. The van der Waals surface area contributed by atoms with Gasteiger partial charge in [-0.05, 0) is 19.3 Å². The molecular formula is C13H23NO3. The lowest BCUT2D eigenvalue weighted by molar-refractivity contribution is -0.143. The molecule has 0 radical (unpaired) electrons. The molecule has 1 fully saturated rings. The number of hydrogen-bond donors (Lipinski definition) is 1. The first-order valence-electron chi connectivity index (χ1n) is 6.43. The van der Waals surface area contributed by atoms with Crippen LogP contribution in [0, 0.1) is 17.8 Å². The van der Waals surface area contributed by atoms with Gasteiger partial charge in [0, 0.05) is 18.5 Å². The molecule has 17 heavy (non-hydrogen) atoms. The largest absolute Gasteiger partial charge is 0.481 e. The van der Waals surface area contributed by atoms with E-state index in [1.54, 1.807) is 4.90 Å². The average molecular weight is 241 g/mol. The molecule has 1 aliphatic heterocycles. The molecular weight excluding hydrogens is 218 g/mol. The number of amides is 1. The summed E-state index contributed by atoms with van der Waals surface area (Å²) in [4.78, 5) is 25.0. The van der Waals surface area contributed by atoms with Crippen molar-refractivity contribution in [2.45, 2.75) is 46.6 Å². The third-order valence-corrected chi connectivity index (χ3v) is 4.24. The van der Waals surface area contributed by atoms with Gasteiger partial charge in [0.05, 0.1) is 5.92 Å². The van der Waals surface area contributed by atoms with Gasteiger partial charge in [-0.25, -0.2) is 0 Å². The second kappa shape index (κ2) is 5.52. The Balaban J connectivity index is 2.69. The van der Waals surface area contributed by atoms with Gasteiger partial charge in [-0.3, -0.25) is 9.59 Å². The van der Waals surface area contributed by atoms with E-state index in [4.69, 9.17) is 5.11 Å². The standard InChI is InChI=1S/C13H23NO3/c1-5-8(2)9(3)12(15)14-7-6-11(10(14)4)13(16)17/h8-11H,5-7H2,1-4H3,(H,16,17). The molecule has 1 N–H and O–H groups in total. The van der Waals surface area contributed by atoms with Crippen molar-refractivity contribution in [2.75, 3.05) is 6.54 Å². The van der Waals surface area contributed by atoms with Crippen molar-refractivity contribution in [3.8, 4) is 0 Å². The summed E-state index contributed by atoms with van der Waals surface area (Å²) in [5.41, 5.74) is 0. The number of hydrogen-bond acceptors (Lipinski definition) is 2. The maximum atomic E-state index is 12.3. The summed E-state index contributed by atoms with van der Waals surface area (Å²) >= 11 is 0. The van der Waals surface area contributed by atoms with Crippen LogP contribution in [0.5, 0.6) is 0 Å². The van der Waals surface area contributed by atoms with Crippen LogP contribution in [-0.2, 0) is 9.59 Å². The molecule has 0 aromatic heterocycles. The van der Waals surface area contributed by atoms with Gasteiger partial charge in [0.2, 0.25) is 5.91 Å². The fraction of sp³-hybridized carbons (Fsp3) is 0.846. The molecule has 1 aliphatic rings. The van der Waals surface area contributed by atoms with Gasteiger partial charge in [-0.2, -0.15) is 0 Å². The van der Waals surface area contributed by atoms with E-state index in [1.807, 2.05) is 13.8 Å². The van der Waals surface area contributed by atoms with E-state index in [2.05, 4.69) is 13.8 Å². The zero-order valence-electron chi connectivity index (χ0n) is 11.1. The SMILES string of the molecule is CCC(C)C(C)C(=O)N1CCC(C(=O)O)C1C. The highest BCUT2D eigenvalue weighted by Gasteiger charge is 2.39. The maximum Gasteiger partial charge on any atom is 0.308 e. The van der Waals surface area contributed by atoms with Gasteiger partial charge in [0.1, 0.15) is 0 Å². The van der Waals surface area contributed by atoms with Gasteiger partial charge in [0.25, 0.3) is 0 Å². The Morgan fingerprint density at radius 1 is 1.41 bits per heavy atom. The monoisotopic (exact) mass is 241 g/mol. The van der Waals surface area contributed by atoms with Gasteiger partial charge in [-0.15, -0.1) is 0 Å². The van der Waals surface area contributed by atoms with Crippen LogP contribution in [0.25, 0.3) is 0 Å². The Labute approximate surface area is 103 Å². The van der Waals surface area contributed by atoms with E-state index in [0.717, 1.165) is 6.42 Å². The first-order valence-corrected chi connectivity index (χ1v) is 6.43. The molecule has 4 unspecified atom stereocenters. The third kappa shape index (κ3) is 2.79. The quantitative estimate of drug-likeness (QED) is 0.819. The minimum absolute atomic E-state index is 0.0185. The van der Waals surface area contributed by atoms with Crippen LogP contribution >= 0.6 is 0 Å². The molecule has 0 aromatic rings. The Hall–Kier alpha value is -1.06. The third-order valence-electron chi connectivity index (χ3n) is 4.24. The highest BCUT2D eigenvalue weighted by atomic mass is 16.4. The van der Waals surface area contributed by atoms with Crippen molar-refractivity contribution in [1.82, 2.24) is 4.90 Å². The number of nitrogens with zero attached hydrogens (tertiary/aromatic N) is 1. The van der Waals surface area contributed by atoms with Gasteiger partial charge >= 0.3 is 5.97 Å². The van der Waals surface area contributed by atoms with E-state index in [9.17, 15) is 9.59 Å². The molecule has 4 atom stereocenters. The Bertz CT molecular complexity index is 303. The topological polar surface area (TPSA) is 57.6 Å². The molecule has 0 saturated carbocycles. The van der Waals surface area contributed by atoms with Gasteiger partial charge in [-0.1, -0.05) is 27.2 Å². The van der Waals surface area contributed by atoms with Crippen molar-refractivity contribution in [3.05, 3.63) is 0 Å². The van der Waals surface area contributed by atoms with Crippen LogP contribution in [0.15, 0.2) is 0 Å². The number of carbonyl (C=O) groups excluding carboxylic acids is 1. The maximum absolute atomic E-state index is 12.3. The molecule has 0 aliphatic carbocycles. The molecule has 0 bridgehead atoms. The molecule has 4 heteroatoms. The van der Waals surface area contributed by atoms with Crippen LogP contribution in [0.2, 0.25) is 0 Å². The van der Waals surface area contributed by atoms with E-state index in [1.165, 1.54) is 0 Å². The Morgan fingerprint density at radius 3 is 2.41 bits per heavy atom. The Kier molecular flexibility index (Phi) is 4.54. The minimum Gasteiger partial charge on any atom is -0.481 e. The van der Waals surface area contributed by atoms with Gasteiger partial charge in [0.15, 0.2) is 0 Å². The van der Waals surface area contributed by atoms with Crippen molar-refractivity contribution in [3.63, 3.8) is 0 Å².